The van der Waals surface area contributed by atoms with Crippen molar-refractivity contribution in [3.63, 3.8) is 0 Å². The Kier molecular flexibility index (Phi) is 11.0. The molecule has 0 aliphatic carbocycles. The van der Waals surface area contributed by atoms with E-state index in [-0.39, 0.29) is 24.9 Å². The Bertz CT molecular complexity index is 830. The molecule has 0 radical (unpaired) electrons. The SMILES string of the molecule is C=CCCCCCCCCCC1OC(CO)C(Oc2ccc(C)cc2)C1Oc1ccc(C)cc1. The molecule has 0 spiro atoms. The van der Waals surface area contributed by atoms with Crippen molar-refractivity contribution in [2.24, 2.45) is 0 Å². The maximum absolute atomic E-state index is 10.1. The maximum atomic E-state index is 10.1. The van der Waals surface area contributed by atoms with Gasteiger partial charge >= 0.3 is 0 Å². The summed E-state index contributed by atoms with van der Waals surface area (Å²) in [5, 5.41) is 10.1. The van der Waals surface area contributed by atoms with Crippen LogP contribution in [0, 0.1) is 13.8 Å². The highest BCUT2D eigenvalue weighted by Crippen LogP contribution is 2.32. The molecule has 4 heteroatoms. The van der Waals surface area contributed by atoms with Crippen LogP contribution in [0.1, 0.15) is 68.9 Å². The zero-order valence-electron chi connectivity index (χ0n) is 21.0. The highest BCUT2D eigenvalue weighted by molar-refractivity contribution is 5.28. The van der Waals surface area contributed by atoms with Gasteiger partial charge in [0, 0.05) is 0 Å². The Morgan fingerprint density at radius 2 is 1.21 bits per heavy atom. The van der Waals surface area contributed by atoms with Crippen molar-refractivity contribution in [1.82, 2.24) is 0 Å². The molecule has 1 aliphatic heterocycles. The molecular formula is C30H42O4. The number of aryl methyl sites for hydroxylation is 2. The molecule has 34 heavy (non-hydrogen) atoms. The molecule has 1 fully saturated rings. The first-order valence-electron chi connectivity index (χ1n) is 12.9. The third-order valence-electron chi connectivity index (χ3n) is 6.57. The van der Waals surface area contributed by atoms with Crippen molar-refractivity contribution < 1.29 is 19.3 Å². The Hall–Kier alpha value is -2.30. The fourth-order valence-corrected chi connectivity index (χ4v) is 4.53. The normalized spacial score (nSPS) is 22.0. The second-order valence-corrected chi connectivity index (χ2v) is 9.53. The third-order valence-corrected chi connectivity index (χ3v) is 6.57. The quantitative estimate of drug-likeness (QED) is 0.228. The van der Waals surface area contributed by atoms with Gasteiger partial charge in [-0.25, -0.2) is 0 Å². The molecule has 1 heterocycles. The Labute approximate surface area is 205 Å². The molecule has 1 N–H and O–H groups in total. The predicted octanol–water partition coefficient (Wildman–Crippen LogP) is 6.96. The van der Waals surface area contributed by atoms with E-state index in [0.717, 1.165) is 30.8 Å². The van der Waals surface area contributed by atoms with Gasteiger partial charge in [0.2, 0.25) is 0 Å². The Balaban J connectivity index is 1.60. The average molecular weight is 467 g/mol. The van der Waals surface area contributed by atoms with Crippen LogP contribution in [0.25, 0.3) is 0 Å². The summed E-state index contributed by atoms with van der Waals surface area (Å²) in [6.45, 7) is 7.82. The van der Waals surface area contributed by atoms with Crippen molar-refractivity contribution >= 4 is 0 Å². The van der Waals surface area contributed by atoms with Crippen LogP contribution in [0.15, 0.2) is 61.2 Å². The van der Waals surface area contributed by atoms with Crippen LogP contribution in [-0.4, -0.2) is 36.1 Å². The summed E-state index contributed by atoms with van der Waals surface area (Å²) >= 11 is 0. The van der Waals surface area contributed by atoms with E-state index >= 15 is 0 Å². The Morgan fingerprint density at radius 3 is 1.71 bits per heavy atom. The molecule has 2 aromatic carbocycles. The van der Waals surface area contributed by atoms with Crippen LogP contribution < -0.4 is 9.47 Å². The smallest absolute Gasteiger partial charge is 0.166 e. The lowest BCUT2D eigenvalue weighted by Gasteiger charge is -2.26. The number of unbranched alkanes of at least 4 members (excludes halogenated alkanes) is 7. The number of aliphatic hydroxyl groups excluding tert-OH is 1. The molecule has 186 valence electrons. The molecule has 0 saturated carbocycles. The molecule has 1 saturated heterocycles. The monoisotopic (exact) mass is 466 g/mol. The molecule has 3 rings (SSSR count). The van der Waals surface area contributed by atoms with Gasteiger partial charge in [-0.2, -0.15) is 0 Å². The lowest BCUT2D eigenvalue weighted by atomic mass is 10.0. The number of ether oxygens (including phenoxy) is 3. The van der Waals surface area contributed by atoms with Gasteiger partial charge in [0.25, 0.3) is 0 Å². The zero-order chi connectivity index (χ0) is 24.2. The summed E-state index contributed by atoms with van der Waals surface area (Å²) in [6, 6.07) is 16.1. The highest BCUT2D eigenvalue weighted by atomic mass is 16.6. The number of aliphatic hydroxyl groups is 1. The van der Waals surface area contributed by atoms with E-state index in [1.807, 2.05) is 42.5 Å². The number of benzene rings is 2. The summed E-state index contributed by atoms with van der Waals surface area (Å²) in [5.41, 5.74) is 2.37. The number of allylic oxidation sites excluding steroid dienone is 1. The minimum absolute atomic E-state index is 0.0918. The van der Waals surface area contributed by atoms with Crippen LogP contribution in [0.4, 0.5) is 0 Å². The van der Waals surface area contributed by atoms with Crippen LogP contribution in [0.3, 0.4) is 0 Å². The molecular weight excluding hydrogens is 424 g/mol. The van der Waals surface area contributed by atoms with Crippen LogP contribution >= 0.6 is 0 Å². The van der Waals surface area contributed by atoms with E-state index in [1.54, 1.807) is 0 Å². The Morgan fingerprint density at radius 1 is 0.735 bits per heavy atom. The molecule has 1 aliphatic rings. The first-order valence-corrected chi connectivity index (χ1v) is 12.9. The average Bonchev–Trinajstić information content (AvgIpc) is 3.16. The van der Waals surface area contributed by atoms with Crippen LogP contribution in [0.5, 0.6) is 11.5 Å². The summed E-state index contributed by atoms with van der Waals surface area (Å²) in [4.78, 5) is 0. The molecule has 4 unspecified atom stereocenters. The predicted molar refractivity (Wildman–Crippen MR) is 139 cm³/mol. The summed E-state index contributed by atoms with van der Waals surface area (Å²) in [7, 11) is 0. The first kappa shape index (κ1) is 26.3. The third kappa shape index (κ3) is 8.18. The molecule has 4 atom stereocenters. The van der Waals surface area contributed by atoms with Gasteiger partial charge in [0.15, 0.2) is 12.2 Å². The summed E-state index contributed by atoms with van der Waals surface area (Å²) < 4.78 is 19.1. The van der Waals surface area contributed by atoms with Crippen molar-refractivity contribution in [2.45, 2.75) is 96.1 Å². The fraction of sp³-hybridized carbons (Fsp3) is 0.533. The van der Waals surface area contributed by atoms with Gasteiger partial charge in [-0.1, -0.05) is 80.0 Å². The molecule has 4 nitrogen and oxygen atoms in total. The van der Waals surface area contributed by atoms with Crippen molar-refractivity contribution in [3.8, 4) is 11.5 Å². The van der Waals surface area contributed by atoms with E-state index in [1.165, 1.54) is 49.7 Å². The van der Waals surface area contributed by atoms with E-state index in [2.05, 4.69) is 32.6 Å². The number of hydrogen-bond acceptors (Lipinski definition) is 4. The van der Waals surface area contributed by atoms with E-state index < -0.39 is 6.10 Å². The van der Waals surface area contributed by atoms with Gasteiger partial charge in [0.1, 0.15) is 17.6 Å². The highest BCUT2D eigenvalue weighted by Gasteiger charge is 2.47. The van der Waals surface area contributed by atoms with Crippen molar-refractivity contribution in [1.29, 1.82) is 0 Å². The fourth-order valence-electron chi connectivity index (χ4n) is 4.53. The molecule has 0 aromatic heterocycles. The van der Waals surface area contributed by atoms with Crippen LogP contribution in [-0.2, 0) is 4.74 Å². The van der Waals surface area contributed by atoms with E-state index in [9.17, 15) is 5.11 Å². The van der Waals surface area contributed by atoms with Gasteiger partial charge in [-0.05, 0) is 57.4 Å². The van der Waals surface area contributed by atoms with Crippen LogP contribution in [0.2, 0.25) is 0 Å². The minimum atomic E-state index is -0.411. The van der Waals surface area contributed by atoms with Gasteiger partial charge in [-0.15, -0.1) is 6.58 Å². The minimum Gasteiger partial charge on any atom is -0.484 e. The summed E-state index contributed by atoms with van der Waals surface area (Å²) in [5.74, 6) is 1.58. The van der Waals surface area contributed by atoms with Gasteiger partial charge < -0.3 is 19.3 Å². The largest absolute Gasteiger partial charge is 0.484 e. The molecule has 0 bridgehead atoms. The second kappa shape index (κ2) is 14.2. The summed E-state index contributed by atoms with van der Waals surface area (Å²) in [6.07, 6.45) is 11.5. The topological polar surface area (TPSA) is 47.9 Å². The second-order valence-electron chi connectivity index (χ2n) is 9.53. The van der Waals surface area contributed by atoms with E-state index in [0.29, 0.717) is 0 Å². The van der Waals surface area contributed by atoms with Crippen molar-refractivity contribution in [2.75, 3.05) is 6.61 Å². The lowest BCUT2D eigenvalue weighted by Crippen LogP contribution is -2.43. The maximum Gasteiger partial charge on any atom is 0.166 e. The van der Waals surface area contributed by atoms with Gasteiger partial charge in [0.05, 0.1) is 12.7 Å². The first-order chi connectivity index (χ1) is 16.6. The van der Waals surface area contributed by atoms with Crippen molar-refractivity contribution in [3.05, 3.63) is 72.3 Å². The number of rotatable bonds is 15. The molecule has 2 aromatic rings. The van der Waals surface area contributed by atoms with E-state index in [4.69, 9.17) is 14.2 Å². The zero-order valence-corrected chi connectivity index (χ0v) is 21.0. The molecule has 0 amide bonds. The standard InChI is InChI=1S/C30H42O4/c1-4-5-6-7-8-9-10-11-12-13-27-29(32-25-18-14-23(2)15-19-25)30(28(22-31)34-27)33-26-20-16-24(3)17-21-26/h4,14-21,27-31H,1,5-13,22H2,2-3H3. The van der Waals surface area contributed by atoms with Gasteiger partial charge in [-0.3, -0.25) is 0 Å². The lowest BCUT2D eigenvalue weighted by molar-refractivity contribution is -0.0203. The number of hydrogen-bond donors (Lipinski definition) is 1.